The molecule has 2 atom stereocenters. The van der Waals surface area contributed by atoms with E-state index < -0.39 is 0 Å². The second-order valence-corrected chi connectivity index (χ2v) is 4.11. The zero-order valence-electron chi connectivity index (χ0n) is 8.59. The van der Waals surface area contributed by atoms with E-state index in [0.717, 1.165) is 24.3 Å². The average molecular weight is 167 g/mol. The van der Waals surface area contributed by atoms with Crippen LogP contribution in [0.5, 0.6) is 0 Å². The molecule has 0 aromatic carbocycles. The van der Waals surface area contributed by atoms with Gasteiger partial charge in [0.05, 0.1) is 0 Å². The zero-order chi connectivity index (χ0) is 8.97. The standard InChI is InChI=1S/C11H21N/c1-4-12-8-11-9(2)6-5-7-10(11)3/h8-11H,4-7H2,1-3H3. The number of hydrogen-bond acceptors (Lipinski definition) is 1. The highest BCUT2D eigenvalue weighted by Crippen LogP contribution is 2.32. The van der Waals surface area contributed by atoms with Crippen molar-refractivity contribution in [2.75, 3.05) is 6.54 Å². The van der Waals surface area contributed by atoms with Gasteiger partial charge in [-0.1, -0.05) is 33.1 Å². The van der Waals surface area contributed by atoms with Crippen molar-refractivity contribution in [3.8, 4) is 0 Å². The van der Waals surface area contributed by atoms with Crippen LogP contribution in [0, 0.1) is 17.8 Å². The Morgan fingerprint density at radius 2 is 1.83 bits per heavy atom. The van der Waals surface area contributed by atoms with Crippen LogP contribution in [-0.4, -0.2) is 12.8 Å². The second-order valence-electron chi connectivity index (χ2n) is 4.11. The molecule has 0 bridgehead atoms. The monoisotopic (exact) mass is 167 g/mol. The van der Waals surface area contributed by atoms with E-state index in [9.17, 15) is 0 Å². The molecule has 0 aliphatic heterocycles. The fraction of sp³-hybridized carbons (Fsp3) is 0.909. The summed E-state index contributed by atoms with van der Waals surface area (Å²) in [5.74, 6) is 2.45. The van der Waals surface area contributed by atoms with Gasteiger partial charge in [-0.15, -0.1) is 0 Å². The third kappa shape index (κ3) is 2.33. The smallest absolute Gasteiger partial charge is 0.0357 e. The van der Waals surface area contributed by atoms with Crippen LogP contribution in [-0.2, 0) is 0 Å². The Morgan fingerprint density at radius 3 is 2.33 bits per heavy atom. The van der Waals surface area contributed by atoms with E-state index in [1.54, 1.807) is 0 Å². The van der Waals surface area contributed by atoms with Gasteiger partial charge in [-0.3, -0.25) is 4.99 Å². The lowest BCUT2D eigenvalue weighted by molar-refractivity contribution is 0.246. The molecular formula is C11H21N. The summed E-state index contributed by atoms with van der Waals surface area (Å²) in [6, 6.07) is 0. The van der Waals surface area contributed by atoms with Crippen LogP contribution >= 0.6 is 0 Å². The van der Waals surface area contributed by atoms with Crippen LogP contribution in [0.4, 0.5) is 0 Å². The van der Waals surface area contributed by atoms with Gasteiger partial charge in [0.15, 0.2) is 0 Å². The SMILES string of the molecule is CCN=CC1C(C)CCCC1C. The van der Waals surface area contributed by atoms with Gasteiger partial charge in [-0.2, -0.15) is 0 Å². The van der Waals surface area contributed by atoms with Crippen molar-refractivity contribution in [3.05, 3.63) is 0 Å². The molecule has 0 aromatic rings. The Kier molecular flexibility index (Phi) is 3.77. The van der Waals surface area contributed by atoms with E-state index in [1.165, 1.54) is 19.3 Å². The molecule has 70 valence electrons. The van der Waals surface area contributed by atoms with Gasteiger partial charge in [0.25, 0.3) is 0 Å². The van der Waals surface area contributed by atoms with E-state index >= 15 is 0 Å². The minimum Gasteiger partial charge on any atom is -0.298 e. The molecule has 0 aromatic heterocycles. The third-order valence-corrected chi connectivity index (χ3v) is 3.09. The summed E-state index contributed by atoms with van der Waals surface area (Å²) in [5, 5.41) is 0. The zero-order valence-corrected chi connectivity index (χ0v) is 8.59. The van der Waals surface area contributed by atoms with Crippen LogP contribution in [0.2, 0.25) is 0 Å². The minimum atomic E-state index is 0.749. The van der Waals surface area contributed by atoms with E-state index in [1.807, 2.05) is 0 Å². The summed E-state index contributed by atoms with van der Waals surface area (Å²) in [6.45, 7) is 7.77. The topological polar surface area (TPSA) is 12.4 Å². The van der Waals surface area contributed by atoms with Crippen molar-refractivity contribution in [1.82, 2.24) is 0 Å². The second kappa shape index (κ2) is 4.64. The highest BCUT2D eigenvalue weighted by molar-refractivity contribution is 5.61. The molecule has 12 heavy (non-hydrogen) atoms. The van der Waals surface area contributed by atoms with E-state index in [0.29, 0.717) is 0 Å². The first kappa shape index (κ1) is 9.76. The molecule has 0 heterocycles. The first-order valence-corrected chi connectivity index (χ1v) is 5.25. The maximum Gasteiger partial charge on any atom is 0.0357 e. The molecule has 0 radical (unpaired) electrons. The molecule has 1 aliphatic rings. The van der Waals surface area contributed by atoms with Gasteiger partial charge in [0, 0.05) is 12.8 Å². The molecular weight excluding hydrogens is 146 g/mol. The number of rotatable bonds is 2. The summed E-state index contributed by atoms with van der Waals surface area (Å²) in [7, 11) is 0. The van der Waals surface area contributed by atoms with Gasteiger partial charge >= 0.3 is 0 Å². The van der Waals surface area contributed by atoms with E-state index in [-0.39, 0.29) is 0 Å². The van der Waals surface area contributed by atoms with Crippen LogP contribution in [0.25, 0.3) is 0 Å². The summed E-state index contributed by atoms with van der Waals surface area (Å²) < 4.78 is 0. The minimum absolute atomic E-state index is 0.749. The Balaban J connectivity index is 2.50. The van der Waals surface area contributed by atoms with Crippen molar-refractivity contribution in [2.45, 2.75) is 40.0 Å². The fourth-order valence-electron chi connectivity index (χ4n) is 2.23. The summed E-state index contributed by atoms with van der Waals surface area (Å²) >= 11 is 0. The number of aliphatic imine (C=N–C) groups is 1. The normalized spacial score (nSPS) is 37.4. The summed E-state index contributed by atoms with van der Waals surface area (Å²) in [5.41, 5.74) is 0. The molecule has 1 aliphatic carbocycles. The van der Waals surface area contributed by atoms with Crippen LogP contribution in [0.3, 0.4) is 0 Å². The lowest BCUT2D eigenvalue weighted by Gasteiger charge is -2.31. The van der Waals surface area contributed by atoms with Crippen molar-refractivity contribution >= 4 is 6.21 Å². The molecule has 2 unspecified atom stereocenters. The Bertz CT molecular complexity index is 141. The lowest BCUT2D eigenvalue weighted by Crippen LogP contribution is -2.25. The van der Waals surface area contributed by atoms with E-state index in [4.69, 9.17) is 0 Å². The highest BCUT2D eigenvalue weighted by Gasteiger charge is 2.25. The van der Waals surface area contributed by atoms with Crippen LogP contribution in [0.1, 0.15) is 40.0 Å². The maximum atomic E-state index is 4.37. The molecule has 0 amide bonds. The van der Waals surface area contributed by atoms with Crippen LogP contribution in [0.15, 0.2) is 4.99 Å². The number of nitrogens with zero attached hydrogens (tertiary/aromatic N) is 1. The molecule has 1 nitrogen and oxygen atoms in total. The average Bonchev–Trinajstić information content (AvgIpc) is 2.04. The Morgan fingerprint density at radius 1 is 1.25 bits per heavy atom. The lowest BCUT2D eigenvalue weighted by atomic mass is 9.74. The molecule has 1 rings (SSSR count). The molecule has 1 fully saturated rings. The third-order valence-electron chi connectivity index (χ3n) is 3.09. The Hall–Kier alpha value is -0.330. The molecule has 1 heteroatoms. The first-order chi connectivity index (χ1) is 5.75. The van der Waals surface area contributed by atoms with Gasteiger partial charge in [0.2, 0.25) is 0 Å². The van der Waals surface area contributed by atoms with Crippen molar-refractivity contribution in [2.24, 2.45) is 22.7 Å². The predicted octanol–water partition coefficient (Wildman–Crippen LogP) is 3.15. The van der Waals surface area contributed by atoms with Gasteiger partial charge in [-0.25, -0.2) is 0 Å². The Labute approximate surface area is 76.3 Å². The quantitative estimate of drug-likeness (QED) is 0.560. The van der Waals surface area contributed by atoms with Crippen molar-refractivity contribution in [3.63, 3.8) is 0 Å². The molecule has 0 spiro atoms. The predicted molar refractivity (Wildman–Crippen MR) is 54.7 cm³/mol. The summed E-state index contributed by atoms with van der Waals surface area (Å²) in [6.07, 6.45) is 6.41. The maximum absolute atomic E-state index is 4.37. The van der Waals surface area contributed by atoms with Gasteiger partial charge in [-0.05, 0) is 24.7 Å². The molecule has 1 saturated carbocycles. The van der Waals surface area contributed by atoms with Crippen molar-refractivity contribution in [1.29, 1.82) is 0 Å². The van der Waals surface area contributed by atoms with Crippen molar-refractivity contribution < 1.29 is 0 Å². The van der Waals surface area contributed by atoms with Gasteiger partial charge in [0.1, 0.15) is 0 Å². The first-order valence-electron chi connectivity index (χ1n) is 5.25. The van der Waals surface area contributed by atoms with Crippen LogP contribution < -0.4 is 0 Å². The van der Waals surface area contributed by atoms with Gasteiger partial charge < -0.3 is 0 Å². The molecule has 0 N–H and O–H groups in total. The molecule has 0 saturated heterocycles. The van der Waals surface area contributed by atoms with E-state index in [2.05, 4.69) is 32.0 Å². The summed E-state index contributed by atoms with van der Waals surface area (Å²) in [4.78, 5) is 4.37. The number of hydrogen-bond donors (Lipinski definition) is 0. The highest BCUT2D eigenvalue weighted by atomic mass is 14.7. The fourth-order valence-corrected chi connectivity index (χ4v) is 2.23. The largest absolute Gasteiger partial charge is 0.298 e.